The molecule has 1 atom stereocenters. The Balaban J connectivity index is 1.42. The first-order valence-corrected chi connectivity index (χ1v) is 10.6. The number of aromatic amines is 1. The molecule has 7 nitrogen and oxygen atoms in total. The Labute approximate surface area is 188 Å². The normalized spacial score (nSPS) is 16.3. The molecule has 0 radical (unpaired) electrons. The van der Waals surface area contributed by atoms with E-state index in [9.17, 15) is 9.90 Å². The maximum absolute atomic E-state index is 15.3. The van der Waals surface area contributed by atoms with Crippen LogP contribution in [0.3, 0.4) is 0 Å². The molecule has 0 bridgehead atoms. The second-order valence-corrected chi connectivity index (χ2v) is 8.38. The number of likely N-dealkylation sites (tertiary alicyclic amines) is 1. The van der Waals surface area contributed by atoms with Crippen LogP contribution < -0.4 is 4.74 Å². The van der Waals surface area contributed by atoms with Crippen molar-refractivity contribution in [2.24, 2.45) is 5.92 Å². The number of pyridine rings is 1. The van der Waals surface area contributed by atoms with Crippen LogP contribution in [0.4, 0.5) is 8.78 Å². The van der Waals surface area contributed by atoms with E-state index in [0.29, 0.717) is 16.8 Å². The van der Waals surface area contributed by atoms with Crippen molar-refractivity contribution in [2.75, 3.05) is 20.2 Å². The van der Waals surface area contributed by atoms with Gasteiger partial charge in [0, 0.05) is 47.2 Å². The van der Waals surface area contributed by atoms with Crippen LogP contribution in [-0.2, 0) is 11.2 Å². The number of amides is 1. The van der Waals surface area contributed by atoms with E-state index in [-0.39, 0.29) is 48.8 Å². The van der Waals surface area contributed by atoms with Crippen molar-refractivity contribution >= 4 is 28.4 Å². The third-order valence-electron chi connectivity index (χ3n) is 5.96. The summed E-state index contributed by atoms with van der Waals surface area (Å²) in [6, 6.07) is 6.33. The molecule has 1 saturated heterocycles. The summed E-state index contributed by atoms with van der Waals surface area (Å²) in [5.74, 6) is -4.19. The number of carbonyl (C=O) groups excluding carboxylic acids is 1. The summed E-state index contributed by atoms with van der Waals surface area (Å²) in [6.45, 7) is 0.395. The van der Waals surface area contributed by atoms with Crippen LogP contribution in [0, 0.1) is 5.92 Å². The Morgan fingerprint density at radius 3 is 2.84 bits per heavy atom. The van der Waals surface area contributed by atoms with Gasteiger partial charge in [0.25, 0.3) is 5.92 Å². The average Bonchev–Trinajstić information content (AvgIpc) is 3.26. The molecule has 1 aromatic carbocycles. The van der Waals surface area contributed by atoms with Gasteiger partial charge in [0.2, 0.25) is 11.8 Å². The number of alkyl halides is 2. The molecule has 4 rings (SSSR count). The second-order valence-electron chi connectivity index (χ2n) is 7.94. The first-order valence-electron chi connectivity index (χ1n) is 10.2. The van der Waals surface area contributed by atoms with E-state index in [1.807, 2.05) is 0 Å². The highest BCUT2D eigenvalue weighted by Crippen LogP contribution is 2.44. The number of H-pyrrole nitrogens is 1. The first-order chi connectivity index (χ1) is 15.3. The standard InChI is InChI=1S/C22H23ClF2N4O3/c1-32-18-8-13(2-5-26-18)9-19(30)29-6-3-15(4-7-29)22(24,25)21(31)17-11-16(23)10-14-12-27-28-20(14)17/h2,5,8,10-12,15,21,31H,3-4,6-7,9H2,1H3,(H,27,28). The third-order valence-corrected chi connectivity index (χ3v) is 6.18. The molecule has 170 valence electrons. The van der Waals surface area contributed by atoms with Gasteiger partial charge in [0.15, 0.2) is 0 Å². The van der Waals surface area contributed by atoms with Crippen molar-refractivity contribution in [3.8, 4) is 5.88 Å². The van der Waals surface area contributed by atoms with Crippen molar-refractivity contribution < 1.29 is 23.4 Å². The second kappa shape index (κ2) is 8.99. The summed E-state index contributed by atoms with van der Waals surface area (Å²) < 4.78 is 35.6. The summed E-state index contributed by atoms with van der Waals surface area (Å²) in [5.41, 5.74) is 1.09. The first kappa shape index (κ1) is 22.4. The Morgan fingerprint density at radius 2 is 2.12 bits per heavy atom. The highest BCUT2D eigenvalue weighted by Gasteiger charge is 2.48. The van der Waals surface area contributed by atoms with Gasteiger partial charge in [-0.25, -0.2) is 13.8 Å². The molecule has 0 aliphatic carbocycles. The van der Waals surface area contributed by atoms with Gasteiger partial charge in [-0.2, -0.15) is 5.10 Å². The lowest BCUT2D eigenvalue weighted by atomic mass is 9.84. The number of aromatic nitrogens is 3. The minimum absolute atomic E-state index is 0.0140. The molecule has 0 saturated carbocycles. The largest absolute Gasteiger partial charge is 0.481 e. The van der Waals surface area contributed by atoms with E-state index < -0.39 is 17.9 Å². The number of hydrogen-bond acceptors (Lipinski definition) is 5. The summed E-state index contributed by atoms with van der Waals surface area (Å²) in [4.78, 5) is 18.2. The predicted molar refractivity (Wildman–Crippen MR) is 115 cm³/mol. The lowest BCUT2D eigenvalue weighted by molar-refractivity contribution is -0.164. The van der Waals surface area contributed by atoms with Crippen LogP contribution in [0.15, 0.2) is 36.7 Å². The van der Waals surface area contributed by atoms with E-state index in [0.717, 1.165) is 5.56 Å². The number of nitrogens with zero attached hydrogens (tertiary/aromatic N) is 3. The van der Waals surface area contributed by atoms with Gasteiger partial charge in [-0.15, -0.1) is 0 Å². The minimum atomic E-state index is -3.39. The Kier molecular flexibility index (Phi) is 6.30. The number of fused-ring (bicyclic) bond motifs is 1. The van der Waals surface area contributed by atoms with Gasteiger partial charge in [-0.3, -0.25) is 9.89 Å². The molecule has 1 aliphatic heterocycles. The van der Waals surface area contributed by atoms with Crippen molar-refractivity contribution in [1.29, 1.82) is 0 Å². The van der Waals surface area contributed by atoms with Crippen LogP contribution in [0.5, 0.6) is 5.88 Å². The molecular formula is C22H23ClF2N4O3. The van der Waals surface area contributed by atoms with Crippen molar-refractivity contribution in [1.82, 2.24) is 20.1 Å². The summed E-state index contributed by atoms with van der Waals surface area (Å²) >= 11 is 6.05. The molecule has 10 heteroatoms. The number of methoxy groups -OCH3 is 1. The number of hydrogen-bond donors (Lipinski definition) is 2. The van der Waals surface area contributed by atoms with Gasteiger partial charge in [-0.1, -0.05) is 11.6 Å². The van der Waals surface area contributed by atoms with Gasteiger partial charge in [0.05, 0.1) is 25.2 Å². The maximum Gasteiger partial charge on any atom is 0.280 e. The monoisotopic (exact) mass is 464 g/mol. The predicted octanol–water partition coefficient (Wildman–Crippen LogP) is 3.77. The number of nitrogens with one attached hydrogen (secondary N) is 1. The topological polar surface area (TPSA) is 91.3 Å². The minimum Gasteiger partial charge on any atom is -0.481 e. The fourth-order valence-electron chi connectivity index (χ4n) is 4.17. The number of piperidine rings is 1. The maximum atomic E-state index is 15.3. The van der Waals surface area contributed by atoms with Crippen molar-refractivity contribution in [2.45, 2.75) is 31.3 Å². The van der Waals surface area contributed by atoms with Gasteiger partial charge in [0.1, 0.15) is 6.10 Å². The lowest BCUT2D eigenvalue weighted by Gasteiger charge is -2.38. The van der Waals surface area contributed by atoms with E-state index in [4.69, 9.17) is 16.3 Å². The number of aliphatic hydroxyl groups excluding tert-OH is 1. The van der Waals surface area contributed by atoms with Gasteiger partial charge in [-0.05, 0) is 36.6 Å². The molecule has 1 aliphatic rings. The van der Waals surface area contributed by atoms with Crippen LogP contribution in [0.2, 0.25) is 5.02 Å². The number of rotatable bonds is 6. The molecule has 1 unspecified atom stereocenters. The molecule has 3 aromatic rings. The molecule has 3 heterocycles. The molecule has 1 amide bonds. The zero-order valence-electron chi connectivity index (χ0n) is 17.4. The van der Waals surface area contributed by atoms with Crippen molar-refractivity contribution in [3.05, 3.63) is 52.8 Å². The third kappa shape index (κ3) is 4.40. The lowest BCUT2D eigenvalue weighted by Crippen LogP contribution is -2.45. The summed E-state index contributed by atoms with van der Waals surface area (Å²) in [7, 11) is 1.49. The Bertz CT molecular complexity index is 1120. The van der Waals surface area contributed by atoms with Crippen LogP contribution in [0.1, 0.15) is 30.1 Å². The zero-order valence-corrected chi connectivity index (χ0v) is 18.1. The van der Waals surface area contributed by atoms with E-state index in [1.54, 1.807) is 29.3 Å². The summed E-state index contributed by atoms with van der Waals surface area (Å²) in [5, 5.41) is 17.9. The number of ether oxygens (including phenoxy) is 1. The zero-order chi connectivity index (χ0) is 22.9. The van der Waals surface area contributed by atoms with Crippen LogP contribution in [0.25, 0.3) is 10.9 Å². The number of halogens is 3. The molecule has 2 N–H and O–H groups in total. The van der Waals surface area contributed by atoms with Crippen LogP contribution >= 0.6 is 11.6 Å². The molecule has 2 aromatic heterocycles. The fraction of sp³-hybridized carbons (Fsp3) is 0.409. The molecule has 1 fully saturated rings. The van der Waals surface area contributed by atoms with Gasteiger partial charge < -0.3 is 14.7 Å². The Hall–Kier alpha value is -2.78. The number of carbonyl (C=O) groups is 1. The van der Waals surface area contributed by atoms with Crippen molar-refractivity contribution in [3.63, 3.8) is 0 Å². The number of benzene rings is 1. The SMILES string of the molecule is COc1cc(CC(=O)N2CCC(C(F)(F)C(O)c3cc(Cl)cc4cn[nH]c34)CC2)ccn1. The van der Waals surface area contributed by atoms with E-state index in [2.05, 4.69) is 15.2 Å². The highest BCUT2D eigenvalue weighted by molar-refractivity contribution is 6.31. The Morgan fingerprint density at radius 1 is 1.38 bits per heavy atom. The fourth-order valence-corrected chi connectivity index (χ4v) is 4.40. The number of aliphatic hydroxyl groups is 1. The van der Waals surface area contributed by atoms with E-state index >= 15 is 8.78 Å². The highest BCUT2D eigenvalue weighted by atomic mass is 35.5. The van der Waals surface area contributed by atoms with Gasteiger partial charge >= 0.3 is 0 Å². The van der Waals surface area contributed by atoms with Crippen LogP contribution in [-0.4, -0.2) is 57.2 Å². The molecule has 32 heavy (non-hydrogen) atoms. The molecule has 0 spiro atoms. The quantitative estimate of drug-likeness (QED) is 0.579. The average molecular weight is 465 g/mol. The molecular weight excluding hydrogens is 442 g/mol. The summed E-state index contributed by atoms with van der Waals surface area (Å²) in [6.07, 6.45) is 1.30. The van der Waals surface area contributed by atoms with E-state index in [1.165, 1.54) is 19.4 Å². The smallest absolute Gasteiger partial charge is 0.280 e.